The Bertz CT molecular complexity index is 1070. The highest BCUT2D eigenvalue weighted by Crippen LogP contribution is 2.38. The molecule has 0 aliphatic heterocycles. The lowest BCUT2D eigenvalue weighted by Crippen LogP contribution is -2.42. The van der Waals surface area contributed by atoms with Crippen LogP contribution in [0.5, 0.6) is 0 Å². The van der Waals surface area contributed by atoms with Crippen LogP contribution in [0.3, 0.4) is 0 Å². The topological polar surface area (TPSA) is 98.5 Å². The van der Waals surface area contributed by atoms with Crippen molar-refractivity contribution in [2.24, 2.45) is 0 Å². The zero-order valence-electron chi connectivity index (χ0n) is 18.9. The van der Waals surface area contributed by atoms with E-state index in [-0.39, 0.29) is 27.0 Å². The quantitative estimate of drug-likeness (QED) is 0.645. The van der Waals surface area contributed by atoms with Crippen molar-refractivity contribution in [2.45, 2.75) is 94.4 Å². The Hall–Kier alpha value is -1.80. The predicted molar refractivity (Wildman–Crippen MR) is 120 cm³/mol. The van der Waals surface area contributed by atoms with Crippen LogP contribution in [0.4, 0.5) is 4.79 Å². The summed E-state index contributed by atoms with van der Waals surface area (Å²) in [5.74, 6) is 0.464. The fourth-order valence-electron chi connectivity index (χ4n) is 3.69. The molecule has 1 aromatic carbocycles. The fourth-order valence-corrected chi connectivity index (χ4v) is 6.13. The number of amides is 1. The van der Waals surface area contributed by atoms with Crippen molar-refractivity contribution in [3.05, 3.63) is 23.0 Å². The molecule has 1 fully saturated rings. The SMILES string of the molecule is CC(C)(C)OC(=O)N[C@H]1CC[C@@H](S(=O)(=O)c2c(Cl)ccc3nc(C(C)(C)C)oc23)CC1. The maximum absolute atomic E-state index is 13.5. The van der Waals surface area contributed by atoms with Crippen molar-refractivity contribution < 1.29 is 22.4 Å². The summed E-state index contributed by atoms with van der Waals surface area (Å²) in [5, 5.41) is 2.37. The first kappa shape index (κ1) is 23.9. The maximum Gasteiger partial charge on any atom is 0.407 e. The van der Waals surface area contributed by atoms with E-state index >= 15 is 0 Å². The number of hydrogen-bond acceptors (Lipinski definition) is 6. The Balaban J connectivity index is 1.80. The molecule has 0 bridgehead atoms. The van der Waals surface area contributed by atoms with Gasteiger partial charge in [-0.05, 0) is 58.6 Å². The van der Waals surface area contributed by atoms with E-state index in [1.54, 1.807) is 32.9 Å². The van der Waals surface area contributed by atoms with E-state index in [1.807, 2.05) is 20.8 Å². The van der Waals surface area contributed by atoms with Crippen molar-refractivity contribution in [1.29, 1.82) is 0 Å². The molecule has 0 unspecified atom stereocenters. The lowest BCUT2D eigenvalue weighted by Gasteiger charge is -2.30. The van der Waals surface area contributed by atoms with Crippen molar-refractivity contribution >= 4 is 38.6 Å². The van der Waals surface area contributed by atoms with Crippen LogP contribution in [0.15, 0.2) is 21.4 Å². The molecule has 1 aromatic heterocycles. The second kappa shape index (κ2) is 8.28. The average molecular weight is 471 g/mol. The molecule has 9 heteroatoms. The summed E-state index contributed by atoms with van der Waals surface area (Å²) in [6, 6.07) is 3.11. The number of benzene rings is 1. The van der Waals surface area contributed by atoms with E-state index < -0.39 is 26.8 Å². The highest BCUT2D eigenvalue weighted by Gasteiger charge is 2.37. The Morgan fingerprint density at radius 1 is 1.13 bits per heavy atom. The number of rotatable bonds is 3. The maximum atomic E-state index is 13.5. The van der Waals surface area contributed by atoms with Crippen LogP contribution < -0.4 is 5.32 Å². The average Bonchev–Trinajstić information content (AvgIpc) is 3.04. The van der Waals surface area contributed by atoms with Gasteiger partial charge in [-0.15, -0.1) is 0 Å². The molecule has 0 atom stereocenters. The van der Waals surface area contributed by atoms with E-state index in [4.69, 9.17) is 20.8 Å². The summed E-state index contributed by atoms with van der Waals surface area (Å²) in [5.41, 5.74) is -0.249. The van der Waals surface area contributed by atoms with Crippen molar-refractivity contribution in [3.8, 4) is 0 Å². The molecule has 2 aromatic rings. The number of sulfone groups is 1. The molecule has 1 amide bonds. The van der Waals surface area contributed by atoms with Crippen LogP contribution in [0, 0.1) is 0 Å². The molecule has 1 saturated carbocycles. The number of nitrogens with zero attached hydrogens (tertiary/aromatic N) is 1. The van der Waals surface area contributed by atoms with Crippen LogP contribution in [0.1, 0.15) is 73.1 Å². The van der Waals surface area contributed by atoms with Gasteiger partial charge in [0.1, 0.15) is 16.0 Å². The molecule has 7 nitrogen and oxygen atoms in total. The molecule has 0 spiro atoms. The third-order valence-electron chi connectivity index (χ3n) is 5.22. The van der Waals surface area contributed by atoms with E-state index in [0.29, 0.717) is 37.1 Å². The minimum Gasteiger partial charge on any atom is -0.444 e. The van der Waals surface area contributed by atoms with Crippen LogP contribution in [-0.4, -0.2) is 36.4 Å². The number of fused-ring (bicyclic) bond motifs is 1. The highest BCUT2D eigenvalue weighted by atomic mass is 35.5. The number of hydrogen-bond donors (Lipinski definition) is 1. The smallest absolute Gasteiger partial charge is 0.407 e. The number of oxazole rings is 1. The number of aromatic nitrogens is 1. The number of alkyl carbamates (subject to hydrolysis) is 1. The normalized spacial score (nSPS) is 20.6. The Kier molecular flexibility index (Phi) is 6.37. The van der Waals surface area contributed by atoms with E-state index in [0.717, 1.165) is 0 Å². The van der Waals surface area contributed by atoms with Gasteiger partial charge < -0.3 is 14.5 Å². The van der Waals surface area contributed by atoms with Crippen molar-refractivity contribution in [1.82, 2.24) is 10.3 Å². The van der Waals surface area contributed by atoms with Gasteiger partial charge >= 0.3 is 6.09 Å². The van der Waals surface area contributed by atoms with Crippen molar-refractivity contribution in [2.75, 3.05) is 0 Å². The molecule has 1 aliphatic rings. The number of ether oxygens (including phenoxy) is 1. The molecule has 3 rings (SSSR count). The predicted octanol–water partition coefficient (Wildman–Crippen LogP) is 5.39. The molecule has 1 heterocycles. The fraction of sp³-hybridized carbons (Fsp3) is 0.636. The van der Waals surface area contributed by atoms with Gasteiger partial charge in [0.25, 0.3) is 0 Å². The largest absolute Gasteiger partial charge is 0.444 e. The molecule has 0 radical (unpaired) electrons. The molecular formula is C22H31ClN2O5S. The van der Waals surface area contributed by atoms with Gasteiger partial charge in [0.2, 0.25) is 5.89 Å². The molecule has 1 N–H and O–H groups in total. The summed E-state index contributed by atoms with van der Waals surface area (Å²) in [6.07, 6.45) is 1.43. The highest BCUT2D eigenvalue weighted by molar-refractivity contribution is 7.92. The Labute approximate surface area is 188 Å². The molecule has 31 heavy (non-hydrogen) atoms. The molecule has 172 valence electrons. The Morgan fingerprint density at radius 2 is 1.74 bits per heavy atom. The van der Waals surface area contributed by atoms with Crippen LogP contribution in [-0.2, 0) is 20.0 Å². The van der Waals surface area contributed by atoms with Crippen LogP contribution in [0.2, 0.25) is 5.02 Å². The lowest BCUT2D eigenvalue weighted by atomic mass is 9.95. The summed E-state index contributed by atoms with van der Waals surface area (Å²) in [7, 11) is -3.74. The number of carbonyl (C=O) groups excluding carboxylic acids is 1. The van der Waals surface area contributed by atoms with Crippen LogP contribution in [0.25, 0.3) is 11.1 Å². The van der Waals surface area contributed by atoms with Gasteiger partial charge in [-0.1, -0.05) is 32.4 Å². The second-order valence-electron chi connectivity index (χ2n) is 10.2. The summed E-state index contributed by atoms with van der Waals surface area (Å²) in [4.78, 5) is 16.5. The van der Waals surface area contributed by atoms with Crippen LogP contribution >= 0.6 is 11.6 Å². The van der Waals surface area contributed by atoms with E-state index in [9.17, 15) is 13.2 Å². The first-order valence-electron chi connectivity index (χ1n) is 10.5. The zero-order chi connectivity index (χ0) is 23.2. The molecule has 1 aliphatic carbocycles. The summed E-state index contributed by atoms with van der Waals surface area (Å²) < 4.78 is 38.2. The van der Waals surface area contributed by atoms with Gasteiger partial charge in [0.15, 0.2) is 15.4 Å². The van der Waals surface area contributed by atoms with Gasteiger partial charge in [-0.3, -0.25) is 0 Å². The molecule has 0 saturated heterocycles. The van der Waals surface area contributed by atoms with Gasteiger partial charge in [0.05, 0.1) is 10.3 Å². The number of nitrogens with one attached hydrogen (secondary N) is 1. The lowest BCUT2D eigenvalue weighted by molar-refractivity contribution is 0.0493. The number of halogens is 1. The zero-order valence-corrected chi connectivity index (χ0v) is 20.5. The third kappa shape index (κ3) is 5.34. The third-order valence-corrected chi connectivity index (χ3v) is 7.97. The van der Waals surface area contributed by atoms with Gasteiger partial charge in [-0.25, -0.2) is 18.2 Å². The first-order valence-corrected chi connectivity index (χ1v) is 12.4. The molecular weight excluding hydrogens is 440 g/mol. The van der Waals surface area contributed by atoms with Gasteiger partial charge in [0, 0.05) is 11.5 Å². The van der Waals surface area contributed by atoms with Crippen molar-refractivity contribution in [3.63, 3.8) is 0 Å². The Morgan fingerprint density at radius 3 is 2.29 bits per heavy atom. The minimum atomic E-state index is -3.74. The number of carbonyl (C=O) groups is 1. The summed E-state index contributed by atoms with van der Waals surface area (Å²) in [6.45, 7) is 11.3. The standard InChI is InChI=1S/C22H31ClN2O5S/c1-21(2,3)19-25-16-12-11-15(23)18(17(16)29-19)31(27,28)14-9-7-13(8-10-14)24-20(26)30-22(4,5)6/h11-14H,7-10H2,1-6H3,(H,24,26)/t13-,14+. The second-order valence-corrected chi connectivity index (χ2v) is 12.7. The first-order chi connectivity index (χ1) is 14.2. The van der Waals surface area contributed by atoms with E-state index in [1.165, 1.54) is 0 Å². The summed E-state index contributed by atoms with van der Waals surface area (Å²) >= 11 is 6.35. The van der Waals surface area contributed by atoms with E-state index in [2.05, 4.69) is 10.3 Å². The monoisotopic (exact) mass is 470 g/mol. The minimum absolute atomic E-state index is 0.0122. The van der Waals surface area contributed by atoms with Gasteiger partial charge in [-0.2, -0.15) is 0 Å².